The lowest BCUT2D eigenvalue weighted by Gasteiger charge is -2.06. The van der Waals surface area contributed by atoms with Gasteiger partial charge in [0.05, 0.1) is 4.92 Å². The first kappa shape index (κ1) is 13.8. The van der Waals surface area contributed by atoms with Gasteiger partial charge in [-0.2, -0.15) is 0 Å². The van der Waals surface area contributed by atoms with Crippen LogP contribution in [0.5, 0.6) is 0 Å². The fraction of sp³-hybridized carbons (Fsp3) is 0. The molecule has 0 radical (unpaired) electrons. The van der Waals surface area contributed by atoms with Gasteiger partial charge in [-0.15, -0.1) is 0 Å². The molecular weight excluding hydrogens is 326 g/mol. The number of rotatable bonds is 4. The topological polar surface area (TPSA) is 43.1 Å². The number of hydrogen-bond donors (Lipinski definition) is 0. The molecule has 0 saturated carbocycles. The minimum absolute atomic E-state index is 0.105. The van der Waals surface area contributed by atoms with Gasteiger partial charge in [0.15, 0.2) is 0 Å². The van der Waals surface area contributed by atoms with E-state index >= 15 is 0 Å². The van der Waals surface area contributed by atoms with Crippen molar-refractivity contribution < 1.29 is 4.92 Å². The standard InChI is InChI=1S/C14H10BrNO2S/c15-10-14(11-4-2-1-3-5-11)19-13-8-6-12(7-9-13)16(17)18/h1-10H/b14-10+. The number of benzene rings is 2. The second kappa shape index (κ2) is 6.54. The Balaban J connectivity index is 2.18. The van der Waals surface area contributed by atoms with Crippen molar-refractivity contribution >= 4 is 38.3 Å². The van der Waals surface area contributed by atoms with E-state index in [2.05, 4.69) is 15.9 Å². The molecule has 5 heteroatoms. The Morgan fingerprint density at radius 2 is 1.74 bits per heavy atom. The van der Waals surface area contributed by atoms with E-state index in [9.17, 15) is 10.1 Å². The molecule has 2 aromatic carbocycles. The largest absolute Gasteiger partial charge is 0.269 e. The van der Waals surface area contributed by atoms with Crippen molar-refractivity contribution in [2.75, 3.05) is 0 Å². The summed E-state index contributed by atoms with van der Waals surface area (Å²) in [5, 5.41) is 10.6. The second-order valence-corrected chi connectivity index (χ2v) is 5.27. The molecule has 0 atom stereocenters. The van der Waals surface area contributed by atoms with Crippen LogP contribution >= 0.6 is 27.7 Å². The number of thioether (sulfide) groups is 1. The van der Waals surface area contributed by atoms with Crippen LogP contribution in [0.1, 0.15) is 5.56 Å². The Kier molecular flexibility index (Phi) is 4.76. The third-order valence-corrected chi connectivity index (χ3v) is 4.27. The first-order valence-electron chi connectivity index (χ1n) is 5.49. The fourth-order valence-corrected chi connectivity index (χ4v) is 2.88. The lowest BCUT2D eigenvalue weighted by Crippen LogP contribution is -1.86. The summed E-state index contributed by atoms with van der Waals surface area (Å²) in [5.74, 6) is 0. The van der Waals surface area contributed by atoms with Gasteiger partial charge in [0.1, 0.15) is 0 Å². The van der Waals surface area contributed by atoms with Gasteiger partial charge in [0.25, 0.3) is 5.69 Å². The fourth-order valence-electron chi connectivity index (χ4n) is 1.51. The molecular formula is C14H10BrNO2S. The minimum Gasteiger partial charge on any atom is -0.258 e. The summed E-state index contributed by atoms with van der Waals surface area (Å²) < 4.78 is 0. The highest BCUT2D eigenvalue weighted by atomic mass is 79.9. The number of nitrogens with zero attached hydrogens (tertiary/aromatic N) is 1. The van der Waals surface area contributed by atoms with Crippen LogP contribution in [0.15, 0.2) is 64.5 Å². The summed E-state index contributed by atoms with van der Waals surface area (Å²) in [6, 6.07) is 16.5. The van der Waals surface area contributed by atoms with Crippen molar-refractivity contribution in [2.45, 2.75) is 4.90 Å². The lowest BCUT2D eigenvalue weighted by atomic mass is 10.2. The zero-order valence-corrected chi connectivity index (χ0v) is 12.2. The van der Waals surface area contributed by atoms with Crippen molar-refractivity contribution in [3.63, 3.8) is 0 Å². The van der Waals surface area contributed by atoms with Gasteiger partial charge in [0, 0.05) is 21.9 Å². The Morgan fingerprint density at radius 3 is 2.26 bits per heavy atom. The maximum atomic E-state index is 10.6. The Bertz CT molecular complexity index is 597. The molecule has 0 unspecified atom stereocenters. The highest BCUT2D eigenvalue weighted by Crippen LogP contribution is 2.35. The molecule has 3 nitrogen and oxygen atoms in total. The van der Waals surface area contributed by atoms with E-state index in [1.54, 1.807) is 23.9 Å². The summed E-state index contributed by atoms with van der Waals surface area (Å²) in [5.41, 5.74) is 1.20. The first-order valence-corrected chi connectivity index (χ1v) is 7.22. The van der Waals surface area contributed by atoms with Crippen LogP contribution in [0.25, 0.3) is 4.91 Å². The molecule has 0 aliphatic heterocycles. The summed E-state index contributed by atoms with van der Waals surface area (Å²) in [7, 11) is 0. The number of hydrogen-bond acceptors (Lipinski definition) is 3. The smallest absolute Gasteiger partial charge is 0.258 e. The van der Waals surface area contributed by atoms with E-state index in [0.717, 1.165) is 15.4 Å². The average Bonchev–Trinajstić information content (AvgIpc) is 2.46. The monoisotopic (exact) mass is 335 g/mol. The molecule has 0 heterocycles. The summed E-state index contributed by atoms with van der Waals surface area (Å²) in [4.78, 5) is 14.1. The molecule has 2 rings (SSSR count). The minimum atomic E-state index is -0.396. The van der Waals surface area contributed by atoms with Crippen LogP contribution < -0.4 is 0 Å². The van der Waals surface area contributed by atoms with Crippen LogP contribution in [0.2, 0.25) is 0 Å². The van der Waals surface area contributed by atoms with Gasteiger partial charge in [-0.05, 0) is 22.7 Å². The zero-order valence-electron chi connectivity index (χ0n) is 9.82. The highest BCUT2D eigenvalue weighted by molar-refractivity contribution is 9.11. The lowest BCUT2D eigenvalue weighted by molar-refractivity contribution is -0.384. The van der Waals surface area contributed by atoms with Crippen molar-refractivity contribution in [3.8, 4) is 0 Å². The Hall–Kier alpha value is -1.59. The van der Waals surface area contributed by atoms with E-state index in [4.69, 9.17) is 0 Å². The van der Waals surface area contributed by atoms with Crippen LogP contribution in [0.3, 0.4) is 0 Å². The molecule has 19 heavy (non-hydrogen) atoms. The Labute approximate surface area is 123 Å². The van der Waals surface area contributed by atoms with E-state index in [1.807, 2.05) is 35.3 Å². The van der Waals surface area contributed by atoms with Crippen LogP contribution in [-0.2, 0) is 0 Å². The average molecular weight is 336 g/mol. The quantitative estimate of drug-likeness (QED) is 0.444. The van der Waals surface area contributed by atoms with Gasteiger partial charge in [-0.3, -0.25) is 10.1 Å². The molecule has 0 spiro atoms. The van der Waals surface area contributed by atoms with Crippen molar-refractivity contribution in [2.24, 2.45) is 0 Å². The van der Waals surface area contributed by atoms with Gasteiger partial charge in [-0.1, -0.05) is 58.0 Å². The molecule has 0 aromatic heterocycles. The Morgan fingerprint density at radius 1 is 1.11 bits per heavy atom. The zero-order chi connectivity index (χ0) is 13.7. The molecule has 0 fully saturated rings. The first-order chi connectivity index (χ1) is 9.20. The van der Waals surface area contributed by atoms with Crippen molar-refractivity contribution in [3.05, 3.63) is 75.3 Å². The van der Waals surface area contributed by atoms with Gasteiger partial charge >= 0.3 is 0 Å². The third-order valence-electron chi connectivity index (χ3n) is 2.43. The molecule has 0 amide bonds. The van der Waals surface area contributed by atoms with Crippen molar-refractivity contribution in [1.82, 2.24) is 0 Å². The van der Waals surface area contributed by atoms with Gasteiger partial charge in [0.2, 0.25) is 0 Å². The number of nitro groups is 1. The van der Waals surface area contributed by atoms with Gasteiger partial charge in [-0.25, -0.2) is 0 Å². The maximum Gasteiger partial charge on any atom is 0.269 e. The SMILES string of the molecule is O=[N+]([O-])c1ccc(S/C(=C/Br)c2ccccc2)cc1. The number of halogens is 1. The molecule has 0 aliphatic carbocycles. The molecule has 2 aromatic rings. The second-order valence-electron chi connectivity index (χ2n) is 3.69. The predicted octanol–water partition coefficient (Wildman–Crippen LogP) is 5.08. The number of nitro benzene ring substituents is 1. The molecule has 0 bridgehead atoms. The maximum absolute atomic E-state index is 10.6. The van der Waals surface area contributed by atoms with E-state index in [-0.39, 0.29) is 5.69 Å². The van der Waals surface area contributed by atoms with Crippen LogP contribution in [0.4, 0.5) is 5.69 Å². The normalized spacial score (nSPS) is 11.3. The van der Waals surface area contributed by atoms with Gasteiger partial charge < -0.3 is 0 Å². The summed E-state index contributed by atoms with van der Waals surface area (Å²) in [6.45, 7) is 0. The van der Waals surface area contributed by atoms with E-state index < -0.39 is 4.92 Å². The molecule has 0 N–H and O–H groups in total. The van der Waals surface area contributed by atoms with E-state index in [1.165, 1.54) is 12.1 Å². The molecule has 0 aliphatic rings. The summed E-state index contributed by atoms with van der Waals surface area (Å²) in [6.07, 6.45) is 0. The number of non-ortho nitro benzene ring substituents is 1. The highest BCUT2D eigenvalue weighted by Gasteiger charge is 2.07. The predicted molar refractivity (Wildman–Crippen MR) is 82.3 cm³/mol. The van der Waals surface area contributed by atoms with Crippen LogP contribution in [-0.4, -0.2) is 4.92 Å². The molecule has 96 valence electrons. The van der Waals surface area contributed by atoms with E-state index in [0.29, 0.717) is 0 Å². The van der Waals surface area contributed by atoms with Crippen LogP contribution in [0, 0.1) is 10.1 Å². The molecule has 0 saturated heterocycles. The summed E-state index contributed by atoms with van der Waals surface area (Å²) >= 11 is 4.91. The van der Waals surface area contributed by atoms with Crippen molar-refractivity contribution in [1.29, 1.82) is 0 Å². The third kappa shape index (κ3) is 3.68.